The monoisotopic (exact) mass is 196 g/mol. The molecule has 0 heterocycles. The van der Waals surface area contributed by atoms with E-state index in [1.165, 1.54) is 0 Å². The maximum atomic E-state index is 11.8. The van der Waals surface area contributed by atoms with Crippen LogP contribution in [0.2, 0.25) is 0 Å². The first-order valence-electron chi connectivity index (χ1n) is 2.60. The Morgan fingerprint density at radius 3 is 1.83 bits per heavy atom. The Bertz CT molecular complexity index is 144. The highest BCUT2D eigenvalue weighted by atomic mass is 19.4. The Labute approximate surface area is 63.4 Å². The van der Waals surface area contributed by atoms with Crippen molar-refractivity contribution in [1.29, 1.82) is 0 Å². The second-order valence-electron chi connectivity index (χ2n) is 1.81. The largest absolute Gasteiger partial charge is 0.440 e. The lowest BCUT2D eigenvalue weighted by Crippen LogP contribution is -2.39. The quantitative estimate of drug-likeness (QED) is 0.509. The second-order valence-corrected chi connectivity index (χ2v) is 1.81. The van der Waals surface area contributed by atoms with Crippen molar-refractivity contribution in [2.45, 2.75) is 18.6 Å². The minimum absolute atomic E-state index is 1.93. The number of alkyl halides is 5. The molecule has 0 aliphatic rings. The van der Waals surface area contributed by atoms with Crippen LogP contribution in [0.4, 0.5) is 22.0 Å². The first kappa shape index (κ1) is 11.5. The van der Waals surface area contributed by atoms with Gasteiger partial charge in [-0.25, -0.2) is 0 Å². The summed E-state index contributed by atoms with van der Waals surface area (Å²) in [6.07, 6.45) is -13.3. The van der Waals surface area contributed by atoms with Crippen LogP contribution in [-0.4, -0.2) is 35.4 Å². The van der Waals surface area contributed by atoms with Gasteiger partial charge in [-0.05, 0) is 0 Å². The Hall–Kier alpha value is -0.470. The van der Waals surface area contributed by atoms with Crippen molar-refractivity contribution >= 4 is 0 Å². The molecule has 0 bridgehead atoms. The van der Waals surface area contributed by atoms with Crippen molar-refractivity contribution in [3.8, 4) is 0 Å². The minimum Gasteiger partial charge on any atom is -0.387 e. The molecule has 74 valence electrons. The minimum atomic E-state index is -5.29. The number of hydrogen-bond donors (Lipinski definition) is 2. The molecular formula is C4H5F5O3. The van der Waals surface area contributed by atoms with Gasteiger partial charge in [0, 0.05) is 0 Å². The van der Waals surface area contributed by atoms with E-state index in [2.05, 4.69) is 4.74 Å². The molecule has 0 aromatic rings. The average molecular weight is 196 g/mol. The van der Waals surface area contributed by atoms with E-state index in [1.807, 2.05) is 0 Å². The predicted molar refractivity (Wildman–Crippen MR) is 25.2 cm³/mol. The summed E-state index contributed by atoms with van der Waals surface area (Å²) in [5.41, 5.74) is 0. The van der Waals surface area contributed by atoms with Gasteiger partial charge in [0.25, 0.3) is 6.29 Å². The molecule has 0 aromatic carbocycles. The molecule has 12 heavy (non-hydrogen) atoms. The lowest BCUT2D eigenvalue weighted by atomic mass is 10.6. The first-order chi connectivity index (χ1) is 5.19. The fourth-order valence-corrected chi connectivity index (χ4v) is 0.267. The van der Waals surface area contributed by atoms with Crippen LogP contribution in [0.25, 0.3) is 0 Å². The van der Waals surface area contributed by atoms with Crippen molar-refractivity contribution in [2.75, 3.05) is 6.61 Å². The molecule has 2 N–H and O–H groups in total. The van der Waals surface area contributed by atoms with Gasteiger partial charge in [0.2, 0.25) is 0 Å². The van der Waals surface area contributed by atoms with Gasteiger partial charge in [-0.1, -0.05) is 0 Å². The van der Waals surface area contributed by atoms with E-state index in [1.54, 1.807) is 0 Å². The molecule has 0 saturated carbocycles. The normalized spacial score (nSPS) is 16.2. The van der Waals surface area contributed by atoms with Crippen LogP contribution < -0.4 is 0 Å². The molecule has 0 spiro atoms. The van der Waals surface area contributed by atoms with Crippen LogP contribution in [0.1, 0.15) is 0 Å². The van der Waals surface area contributed by atoms with E-state index in [4.69, 9.17) is 10.2 Å². The molecular weight excluding hydrogens is 191 g/mol. The van der Waals surface area contributed by atoms with Gasteiger partial charge >= 0.3 is 12.3 Å². The first-order valence-corrected chi connectivity index (χ1v) is 2.60. The molecule has 0 rings (SSSR count). The van der Waals surface area contributed by atoms with Crippen LogP contribution in [-0.2, 0) is 4.74 Å². The van der Waals surface area contributed by atoms with Crippen molar-refractivity contribution in [1.82, 2.24) is 0 Å². The zero-order valence-corrected chi connectivity index (χ0v) is 5.48. The fraction of sp³-hybridized carbons (Fsp3) is 1.00. The van der Waals surface area contributed by atoms with Crippen LogP contribution in [0, 0.1) is 0 Å². The zero-order chi connectivity index (χ0) is 9.99. The van der Waals surface area contributed by atoms with E-state index < -0.39 is 25.2 Å². The van der Waals surface area contributed by atoms with Crippen molar-refractivity contribution in [3.05, 3.63) is 0 Å². The number of hydrogen-bond acceptors (Lipinski definition) is 3. The number of aliphatic hydroxyl groups is 2. The van der Waals surface area contributed by atoms with E-state index in [-0.39, 0.29) is 0 Å². The Balaban J connectivity index is 4.09. The topological polar surface area (TPSA) is 49.7 Å². The van der Waals surface area contributed by atoms with Crippen LogP contribution in [0.3, 0.4) is 0 Å². The summed E-state index contributed by atoms with van der Waals surface area (Å²) in [5.74, 6) is 0. The van der Waals surface area contributed by atoms with Crippen molar-refractivity contribution < 1.29 is 36.9 Å². The SMILES string of the molecule is OCC(F)(F)OC(O)C(F)(F)F. The van der Waals surface area contributed by atoms with Crippen LogP contribution in [0.5, 0.6) is 0 Å². The third-order valence-electron chi connectivity index (χ3n) is 0.748. The smallest absolute Gasteiger partial charge is 0.387 e. The molecule has 3 nitrogen and oxygen atoms in total. The molecule has 0 saturated heterocycles. The molecule has 0 aliphatic heterocycles. The third kappa shape index (κ3) is 3.79. The van der Waals surface area contributed by atoms with Crippen LogP contribution >= 0.6 is 0 Å². The van der Waals surface area contributed by atoms with E-state index in [9.17, 15) is 22.0 Å². The summed E-state index contributed by atoms with van der Waals surface area (Å²) in [7, 11) is 0. The Morgan fingerprint density at radius 2 is 1.58 bits per heavy atom. The number of ether oxygens (including phenoxy) is 1. The summed E-state index contributed by atoms with van der Waals surface area (Å²) >= 11 is 0. The van der Waals surface area contributed by atoms with E-state index in [0.717, 1.165) is 0 Å². The average Bonchev–Trinajstić information content (AvgIpc) is 1.85. The summed E-state index contributed by atoms with van der Waals surface area (Å²) in [5, 5.41) is 15.7. The number of aliphatic hydroxyl groups excluding tert-OH is 2. The van der Waals surface area contributed by atoms with Gasteiger partial charge in [0.05, 0.1) is 0 Å². The predicted octanol–water partition coefficient (Wildman–Crippen LogP) is 0.469. The maximum Gasteiger partial charge on any atom is 0.440 e. The van der Waals surface area contributed by atoms with Gasteiger partial charge in [-0.2, -0.15) is 22.0 Å². The number of rotatable bonds is 3. The fourth-order valence-electron chi connectivity index (χ4n) is 0.267. The van der Waals surface area contributed by atoms with Gasteiger partial charge in [-0.15, -0.1) is 0 Å². The lowest BCUT2D eigenvalue weighted by molar-refractivity contribution is -0.383. The molecule has 1 unspecified atom stereocenters. The summed E-state index contributed by atoms with van der Waals surface area (Å²) in [6, 6.07) is 0. The van der Waals surface area contributed by atoms with Crippen LogP contribution in [0.15, 0.2) is 0 Å². The second kappa shape index (κ2) is 3.50. The highest BCUT2D eigenvalue weighted by Crippen LogP contribution is 2.26. The molecule has 0 fully saturated rings. The summed E-state index contributed by atoms with van der Waals surface area (Å²) in [4.78, 5) is 0. The van der Waals surface area contributed by atoms with Gasteiger partial charge in [-0.3, -0.25) is 4.74 Å². The molecule has 1 atom stereocenters. The highest BCUT2D eigenvalue weighted by molar-refractivity contribution is 4.57. The standard InChI is InChI=1S/C4H5F5O3/c5-3(6,1-10)12-2(11)4(7,8)9/h2,10-11H,1H2. The highest BCUT2D eigenvalue weighted by Gasteiger charge is 2.46. The Kier molecular flexibility index (Phi) is 3.36. The van der Waals surface area contributed by atoms with E-state index in [0.29, 0.717) is 0 Å². The van der Waals surface area contributed by atoms with Crippen molar-refractivity contribution in [2.24, 2.45) is 0 Å². The molecule has 8 heteroatoms. The van der Waals surface area contributed by atoms with Crippen molar-refractivity contribution in [3.63, 3.8) is 0 Å². The lowest BCUT2D eigenvalue weighted by Gasteiger charge is -2.20. The molecule has 0 amide bonds. The molecule has 0 aliphatic carbocycles. The van der Waals surface area contributed by atoms with Gasteiger partial charge in [0.15, 0.2) is 0 Å². The van der Waals surface area contributed by atoms with Gasteiger partial charge < -0.3 is 10.2 Å². The summed E-state index contributed by atoms with van der Waals surface area (Å²) < 4.78 is 60.4. The summed E-state index contributed by atoms with van der Waals surface area (Å²) in [6.45, 7) is -1.93. The zero-order valence-electron chi connectivity index (χ0n) is 5.48. The Morgan fingerprint density at radius 1 is 1.17 bits per heavy atom. The third-order valence-corrected chi connectivity index (χ3v) is 0.748. The molecule has 0 aromatic heterocycles. The number of halogens is 5. The maximum absolute atomic E-state index is 11.8. The van der Waals surface area contributed by atoms with E-state index >= 15 is 0 Å². The van der Waals surface area contributed by atoms with Gasteiger partial charge in [0.1, 0.15) is 6.61 Å². The molecule has 0 radical (unpaired) electrons.